The second-order valence-electron chi connectivity index (χ2n) is 9.08. The molecule has 2 heterocycles. The van der Waals surface area contributed by atoms with Crippen molar-refractivity contribution in [2.24, 2.45) is 0 Å². The van der Waals surface area contributed by atoms with Crippen molar-refractivity contribution in [3.63, 3.8) is 0 Å². The second kappa shape index (κ2) is 9.72. The lowest BCUT2D eigenvalue weighted by molar-refractivity contribution is -1.00. The number of aryl methyl sites for hydroxylation is 1. The molecular weight excluding hydrogens is 364 g/mol. The molecule has 29 heavy (non-hydrogen) atoms. The molecule has 0 saturated carbocycles. The zero-order valence-electron chi connectivity index (χ0n) is 18.5. The summed E-state index contributed by atoms with van der Waals surface area (Å²) in [4.78, 5) is 30.1. The first-order valence-electron chi connectivity index (χ1n) is 11.2. The molecule has 2 fully saturated rings. The number of amides is 2. The number of quaternary nitrogens is 2. The van der Waals surface area contributed by atoms with Gasteiger partial charge in [0.25, 0.3) is 11.8 Å². The third-order valence-electron chi connectivity index (χ3n) is 6.84. The molecule has 2 saturated heterocycles. The standard InChI is InChI=1S/C23H36N4O2/c1-17-7-5-10-21(20(17)4)24-22(28)15-25-11-13-26(14-12-25)16-23(29)27-18(2)8-6-9-19(27)3/h5,7,10,18-19H,6,8-9,11-16H2,1-4H3,(H,24,28)/p+2/t18-,19-/m0/s1. The van der Waals surface area contributed by atoms with Crippen LogP contribution in [0.25, 0.3) is 0 Å². The van der Waals surface area contributed by atoms with E-state index in [0.717, 1.165) is 50.3 Å². The number of piperazine rings is 1. The van der Waals surface area contributed by atoms with Gasteiger partial charge in [0.05, 0.1) is 0 Å². The molecule has 2 aliphatic heterocycles. The molecular formula is C23H38N4O2+2. The van der Waals surface area contributed by atoms with Crippen LogP contribution in [-0.4, -0.2) is 68.1 Å². The van der Waals surface area contributed by atoms with Gasteiger partial charge in [0, 0.05) is 17.8 Å². The van der Waals surface area contributed by atoms with Crippen molar-refractivity contribution in [3.05, 3.63) is 29.3 Å². The van der Waals surface area contributed by atoms with Crippen LogP contribution in [0.2, 0.25) is 0 Å². The van der Waals surface area contributed by atoms with Crippen molar-refractivity contribution in [2.45, 2.75) is 59.0 Å². The summed E-state index contributed by atoms with van der Waals surface area (Å²) in [6, 6.07) is 6.74. The van der Waals surface area contributed by atoms with Gasteiger partial charge in [-0.2, -0.15) is 0 Å². The lowest BCUT2D eigenvalue weighted by atomic mass is 9.97. The minimum atomic E-state index is 0.0733. The Morgan fingerprint density at radius 2 is 1.59 bits per heavy atom. The number of nitrogens with one attached hydrogen (secondary N) is 3. The Morgan fingerprint density at radius 1 is 1.00 bits per heavy atom. The molecule has 0 bridgehead atoms. The number of carbonyl (C=O) groups is 2. The summed E-state index contributed by atoms with van der Waals surface area (Å²) in [6.45, 7) is 13.3. The zero-order chi connectivity index (χ0) is 21.0. The number of hydrogen-bond acceptors (Lipinski definition) is 2. The summed E-state index contributed by atoms with van der Waals surface area (Å²) in [6.07, 6.45) is 3.48. The summed E-state index contributed by atoms with van der Waals surface area (Å²) in [5, 5.41) is 3.07. The van der Waals surface area contributed by atoms with E-state index in [0.29, 0.717) is 31.1 Å². The molecule has 2 atom stereocenters. The molecule has 0 aliphatic carbocycles. The highest BCUT2D eigenvalue weighted by atomic mass is 16.2. The summed E-state index contributed by atoms with van der Waals surface area (Å²) in [7, 11) is 0. The largest absolute Gasteiger partial charge is 0.332 e. The maximum absolute atomic E-state index is 12.8. The first-order valence-corrected chi connectivity index (χ1v) is 11.2. The highest BCUT2D eigenvalue weighted by Crippen LogP contribution is 2.22. The van der Waals surface area contributed by atoms with Gasteiger partial charge < -0.3 is 20.0 Å². The Balaban J connectivity index is 1.43. The first kappa shape index (κ1) is 21.8. The van der Waals surface area contributed by atoms with Crippen LogP contribution in [0.15, 0.2) is 18.2 Å². The maximum atomic E-state index is 12.8. The highest BCUT2D eigenvalue weighted by molar-refractivity contribution is 5.92. The monoisotopic (exact) mass is 402 g/mol. The maximum Gasteiger partial charge on any atom is 0.279 e. The van der Waals surface area contributed by atoms with E-state index in [1.807, 2.05) is 19.1 Å². The van der Waals surface area contributed by atoms with Crippen LogP contribution < -0.4 is 15.1 Å². The number of nitrogens with zero attached hydrogens (tertiary/aromatic N) is 1. The topological polar surface area (TPSA) is 58.3 Å². The third-order valence-corrected chi connectivity index (χ3v) is 6.84. The van der Waals surface area contributed by atoms with Crippen molar-refractivity contribution in [1.29, 1.82) is 0 Å². The van der Waals surface area contributed by atoms with E-state index >= 15 is 0 Å². The van der Waals surface area contributed by atoms with E-state index in [1.54, 1.807) is 0 Å². The minimum Gasteiger partial charge on any atom is -0.332 e. The van der Waals surface area contributed by atoms with Crippen molar-refractivity contribution < 1.29 is 19.4 Å². The molecule has 0 aromatic heterocycles. The molecule has 3 rings (SSSR count). The predicted octanol–water partition coefficient (Wildman–Crippen LogP) is -0.185. The number of anilines is 1. The molecule has 0 radical (unpaired) electrons. The molecule has 2 amide bonds. The van der Waals surface area contributed by atoms with Crippen LogP contribution in [0.3, 0.4) is 0 Å². The van der Waals surface area contributed by atoms with Crippen LogP contribution in [0.4, 0.5) is 5.69 Å². The van der Waals surface area contributed by atoms with Crippen molar-refractivity contribution in [3.8, 4) is 0 Å². The van der Waals surface area contributed by atoms with Crippen molar-refractivity contribution in [2.75, 3.05) is 44.6 Å². The quantitative estimate of drug-likeness (QED) is 0.640. The van der Waals surface area contributed by atoms with Crippen molar-refractivity contribution >= 4 is 17.5 Å². The average Bonchev–Trinajstić information content (AvgIpc) is 2.67. The average molecular weight is 403 g/mol. The van der Waals surface area contributed by atoms with Gasteiger partial charge in [0.2, 0.25) is 0 Å². The smallest absolute Gasteiger partial charge is 0.279 e. The van der Waals surface area contributed by atoms with Gasteiger partial charge in [-0.3, -0.25) is 9.59 Å². The molecule has 6 heteroatoms. The Kier molecular flexibility index (Phi) is 7.30. The van der Waals surface area contributed by atoms with E-state index in [4.69, 9.17) is 0 Å². The van der Waals surface area contributed by atoms with E-state index in [2.05, 4.69) is 37.1 Å². The third kappa shape index (κ3) is 5.58. The van der Waals surface area contributed by atoms with E-state index < -0.39 is 0 Å². The van der Waals surface area contributed by atoms with Gasteiger partial charge in [0.1, 0.15) is 26.2 Å². The second-order valence-corrected chi connectivity index (χ2v) is 9.08. The van der Waals surface area contributed by atoms with Gasteiger partial charge >= 0.3 is 0 Å². The number of benzene rings is 1. The number of piperidine rings is 1. The fourth-order valence-electron chi connectivity index (χ4n) is 4.84. The van der Waals surface area contributed by atoms with Crippen LogP contribution >= 0.6 is 0 Å². The molecule has 2 aliphatic rings. The summed E-state index contributed by atoms with van der Waals surface area (Å²) >= 11 is 0. The van der Waals surface area contributed by atoms with Crippen LogP contribution in [0, 0.1) is 13.8 Å². The Bertz CT molecular complexity index is 718. The molecule has 3 N–H and O–H groups in total. The fraction of sp³-hybridized carbons (Fsp3) is 0.652. The lowest BCUT2D eigenvalue weighted by Gasteiger charge is -2.39. The number of likely N-dealkylation sites (tertiary alicyclic amines) is 1. The van der Waals surface area contributed by atoms with Crippen LogP contribution in [0.5, 0.6) is 0 Å². The summed E-state index contributed by atoms with van der Waals surface area (Å²) in [5.74, 6) is 0.375. The zero-order valence-corrected chi connectivity index (χ0v) is 18.5. The minimum absolute atomic E-state index is 0.0733. The first-order chi connectivity index (χ1) is 13.8. The fourth-order valence-corrected chi connectivity index (χ4v) is 4.84. The van der Waals surface area contributed by atoms with E-state index in [1.165, 1.54) is 21.8 Å². The van der Waals surface area contributed by atoms with Crippen LogP contribution in [0.1, 0.15) is 44.2 Å². The SMILES string of the molecule is Cc1cccc(NC(=O)C[NH+]2CC[NH+](CC(=O)N3[C@@H](C)CCC[C@@H]3C)CC2)c1C. The number of rotatable bonds is 5. The predicted molar refractivity (Wildman–Crippen MR) is 115 cm³/mol. The molecule has 0 unspecified atom stereocenters. The normalized spacial score (nSPS) is 27.5. The van der Waals surface area contributed by atoms with Crippen LogP contribution in [-0.2, 0) is 9.59 Å². The molecule has 160 valence electrons. The number of hydrogen-bond donors (Lipinski definition) is 3. The lowest BCUT2D eigenvalue weighted by Crippen LogP contribution is -3.28. The Morgan fingerprint density at radius 3 is 2.21 bits per heavy atom. The summed E-state index contributed by atoms with van der Waals surface area (Å²) in [5.41, 5.74) is 3.23. The molecule has 0 spiro atoms. The van der Waals surface area contributed by atoms with Crippen molar-refractivity contribution in [1.82, 2.24) is 4.90 Å². The Labute approximate surface area is 175 Å². The van der Waals surface area contributed by atoms with Gasteiger partial charge in [-0.15, -0.1) is 0 Å². The molecule has 6 nitrogen and oxygen atoms in total. The van der Waals surface area contributed by atoms with Gasteiger partial charge in [-0.25, -0.2) is 0 Å². The van der Waals surface area contributed by atoms with E-state index in [9.17, 15) is 9.59 Å². The van der Waals surface area contributed by atoms with Gasteiger partial charge in [0.15, 0.2) is 13.1 Å². The van der Waals surface area contributed by atoms with E-state index in [-0.39, 0.29) is 5.91 Å². The Hall–Kier alpha value is -1.92. The highest BCUT2D eigenvalue weighted by Gasteiger charge is 2.33. The molecule has 1 aromatic rings. The van der Waals surface area contributed by atoms with Gasteiger partial charge in [-0.05, 0) is 64.2 Å². The van der Waals surface area contributed by atoms with Gasteiger partial charge in [-0.1, -0.05) is 12.1 Å². The summed E-state index contributed by atoms with van der Waals surface area (Å²) < 4.78 is 0. The molecule has 1 aromatic carbocycles. The number of carbonyl (C=O) groups excluding carboxylic acids is 2.